The summed E-state index contributed by atoms with van der Waals surface area (Å²) in [5.74, 6) is 0.780. The summed E-state index contributed by atoms with van der Waals surface area (Å²) >= 11 is 1.72. The lowest BCUT2D eigenvalue weighted by Crippen LogP contribution is -2.37. The first-order valence-corrected chi connectivity index (χ1v) is 8.26. The number of thiophene rings is 1. The van der Waals surface area contributed by atoms with E-state index in [-0.39, 0.29) is 23.5 Å². The SMILES string of the molecule is CC(C)CC1NC(c2cccs2)N(CC(C)(C)C)C1=O. The van der Waals surface area contributed by atoms with Gasteiger partial charge in [-0.05, 0) is 29.2 Å². The normalized spacial score (nSPS) is 23.9. The molecule has 2 unspecified atom stereocenters. The molecule has 1 fully saturated rings. The molecule has 1 aromatic rings. The van der Waals surface area contributed by atoms with Crippen molar-refractivity contribution in [2.75, 3.05) is 6.54 Å². The molecule has 0 radical (unpaired) electrons. The Hall–Kier alpha value is -0.870. The van der Waals surface area contributed by atoms with Crippen LogP contribution in [-0.4, -0.2) is 23.4 Å². The number of rotatable bonds is 4. The summed E-state index contributed by atoms with van der Waals surface area (Å²) in [6.45, 7) is 11.7. The molecule has 1 aliphatic heterocycles. The van der Waals surface area contributed by atoms with E-state index < -0.39 is 0 Å². The Balaban J connectivity index is 2.21. The number of carbonyl (C=O) groups is 1. The lowest BCUT2D eigenvalue weighted by atomic mass is 9.95. The van der Waals surface area contributed by atoms with Gasteiger partial charge in [-0.25, -0.2) is 0 Å². The maximum Gasteiger partial charge on any atom is 0.241 e. The lowest BCUT2D eigenvalue weighted by Gasteiger charge is -2.30. The molecule has 20 heavy (non-hydrogen) atoms. The van der Waals surface area contributed by atoms with Gasteiger partial charge in [-0.2, -0.15) is 0 Å². The molecule has 1 saturated heterocycles. The van der Waals surface area contributed by atoms with Crippen LogP contribution in [0.3, 0.4) is 0 Å². The Labute approximate surface area is 126 Å². The van der Waals surface area contributed by atoms with Gasteiger partial charge in [0.05, 0.1) is 6.04 Å². The van der Waals surface area contributed by atoms with E-state index in [0.29, 0.717) is 5.92 Å². The van der Waals surface area contributed by atoms with Gasteiger partial charge in [-0.3, -0.25) is 10.1 Å². The van der Waals surface area contributed by atoms with Crippen LogP contribution in [0.5, 0.6) is 0 Å². The third-order valence-electron chi connectivity index (χ3n) is 3.42. The Bertz CT molecular complexity index is 448. The maximum absolute atomic E-state index is 12.7. The smallest absolute Gasteiger partial charge is 0.241 e. The van der Waals surface area contributed by atoms with Gasteiger partial charge in [0.2, 0.25) is 5.91 Å². The van der Waals surface area contributed by atoms with Gasteiger partial charge in [0.1, 0.15) is 6.17 Å². The molecule has 112 valence electrons. The molecule has 0 aliphatic carbocycles. The molecule has 1 aromatic heterocycles. The van der Waals surface area contributed by atoms with Crippen molar-refractivity contribution >= 4 is 17.2 Å². The van der Waals surface area contributed by atoms with Gasteiger partial charge in [-0.1, -0.05) is 40.7 Å². The molecule has 1 amide bonds. The predicted octanol–water partition coefficient (Wildman–Crippen LogP) is 3.64. The zero-order valence-corrected chi connectivity index (χ0v) is 14.0. The van der Waals surface area contributed by atoms with Crippen molar-refractivity contribution in [1.82, 2.24) is 10.2 Å². The number of hydrogen-bond donors (Lipinski definition) is 1. The average molecular weight is 294 g/mol. The van der Waals surface area contributed by atoms with Gasteiger partial charge < -0.3 is 4.90 Å². The fourth-order valence-corrected chi connectivity index (χ4v) is 3.48. The van der Waals surface area contributed by atoms with E-state index in [2.05, 4.69) is 57.4 Å². The van der Waals surface area contributed by atoms with Crippen molar-refractivity contribution in [3.05, 3.63) is 22.4 Å². The standard InChI is InChI=1S/C16H26N2OS/c1-11(2)9-12-15(19)18(10-16(3,4)5)14(17-12)13-7-6-8-20-13/h6-8,11-12,14,17H,9-10H2,1-5H3. The second-order valence-corrected chi connectivity index (χ2v) is 8.27. The number of carbonyl (C=O) groups excluding carboxylic acids is 1. The second-order valence-electron chi connectivity index (χ2n) is 7.29. The zero-order chi connectivity index (χ0) is 14.9. The number of nitrogens with zero attached hydrogens (tertiary/aromatic N) is 1. The summed E-state index contributed by atoms with van der Waals surface area (Å²) in [6, 6.07) is 4.13. The lowest BCUT2D eigenvalue weighted by molar-refractivity contribution is -0.131. The molecule has 2 heterocycles. The van der Waals surface area contributed by atoms with E-state index in [9.17, 15) is 4.79 Å². The molecule has 2 rings (SSSR count). The zero-order valence-electron chi connectivity index (χ0n) is 13.1. The molecule has 0 spiro atoms. The molecule has 0 bridgehead atoms. The fourth-order valence-electron chi connectivity index (χ4n) is 2.68. The topological polar surface area (TPSA) is 32.3 Å². The molecule has 0 saturated carbocycles. The molecule has 2 atom stereocenters. The van der Waals surface area contributed by atoms with Gasteiger partial charge in [-0.15, -0.1) is 11.3 Å². The fraction of sp³-hybridized carbons (Fsp3) is 0.688. The first-order valence-electron chi connectivity index (χ1n) is 7.38. The summed E-state index contributed by atoms with van der Waals surface area (Å²) < 4.78 is 0. The quantitative estimate of drug-likeness (QED) is 0.919. The summed E-state index contributed by atoms with van der Waals surface area (Å²) in [5.41, 5.74) is 0.111. The third-order valence-corrected chi connectivity index (χ3v) is 4.34. The number of nitrogens with one attached hydrogen (secondary N) is 1. The van der Waals surface area contributed by atoms with E-state index in [4.69, 9.17) is 0 Å². The van der Waals surface area contributed by atoms with E-state index in [1.54, 1.807) is 11.3 Å². The third kappa shape index (κ3) is 3.61. The average Bonchev–Trinajstić information content (AvgIpc) is 2.90. The van der Waals surface area contributed by atoms with Crippen LogP contribution in [0, 0.1) is 11.3 Å². The molecular formula is C16H26N2OS. The first-order chi connectivity index (χ1) is 9.28. The van der Waals surface area contributed by atoms with E-state index in [0.717, 1.165) is 13.0 Å². The summed E-state index contributed by atoms with van der Waals surface area (Å²) in [7, 11) is 0. The molecule has 1 aliphatic rings. The highest BCUT2D eigenvalue weighted by molar-refractivity contribution is 7.10. The van der Waals surface area contributed by atoms with Crippen LogP contribution < -0.4 is 5.32 Å². The van der Waals surface area contributed by atoms with Crippen molar-refractivity contribution in [2.24, 2.45) is 11.3 Å². The Morgan fingerprint density at radius 3 is 2.60 bits per heavy atom. The highest BCUT2D eigenvalue weighted by Gasteiger charge is 2.41. The minimum atomic E-state index is -0.0375. The number of amides is 1. The van der Waals surface area contributed by atoms with Crippen LogP contribution in [0.2, 0.25) is 0 Å². The Morgan fingerprint density at radius 1 is 1.40 bits per heavy atom. The molecule has 1 N–H and O–H groups in total. The van der Waals surface area contributed by atoms with Gasteiger partial charge in [0.25, 0.3) is 0 Å². The van der Waals surface area contributed by atoms with Crippen molar-refractivity contribution < 1.29 is 4.79 Å². The van der Waals surface area contributed by atoms with Crippen molar-refractivity contribution in [3.63, 3.8) is 0 Å². The van der Waals surface area contributed by atoms with Gasteiger partial charge in [0.15, 0.2) is 0 Å². The largest absolute Gasteiger partial charge is 0.320 e. The van der Waals surface area contributed by atoms with Crippen LogP contribution in [0.15, 0.2) is 17.5 Å². The minimum Gasteiger partial charge on any atom is -0.320 e. The Kier molecular flexibility index (Phi) is 4.55. The van der Waals surface area contributed by atoms with E-state index >= 15 is 0 Å². The number of hydrogen-bond acceptors (Lipinski definition) is 3. The summed E-state index contributed by atoms with van der Waals surface area (Å²) in [4.78, 5) is 15.9. The summed E-state index contributed by atoms with van der Waals surface area (Å²) in [6.07, 6.45) is 0.951. The molecule has 3 nitrogen and oxygen atoms in total. The molecule has 0 aromatic carbocycles. The van der Waals surface area contributed by atoms with Crippen molar-refractivity contribution in [3.8, 4) is 0 Å². The molecular weight excluding hydrogens is 268 g/mol. The Morgan fingerprint density at radius 2 is 2.10 bits per heavy atom. The monoisotopic (exact) mass is 294 g/mol. The van der Waals surface area contributed by atoms with E-state index in [1.165, 1.54) is 4.88 Å². The van der Waals surface area contributed by atoms with Crippen LogP contribution >= 0.6 is 11.3 Å². The maximum atomic E-state index is 12.7. The predicted molar refractivity (Wildman–Crippen MR) is 84.6 cm³/mol. The van der Waals surface area contributed by atoms with Crippen molar-refractivity contribution in [2.45, 2.75) is 53.2 Å². The molecule has 4 heteroatoms. The van der Waals surface area contributed by atoms with Crippen LogP contribution in [0.4, 0.5) is 0 Å². The minimum absolute atomic E-state index is 0.0375. The second kappa shape index (κ2) is 5.86. The van der Waals surface area contributed by atoms with Crippen LogP contribution in [0.25, 0.3) is 0 Å². The van der Waals surface area contributed by atoms with Crippen molar-refractivity contribution in [1.29, 1.82) is 0 Å². The van der Waals surface area contributed by atoms with Gasteiger partial charge >= 0.3 is 0 Å². The highest BCUT2D eigenvalue weighted by atomic mass is 32.1. The summed E-state index contributed by atoms with van der Waals surface area (Å²) in [5, 5.41) is 5.61. The van der Waals surface area contributed by atoms with Crippen LogP contribution in [0.1, 0.15) is 52.1 Å². The highest BCUT2D eigenvalue weighted by Crippen LogP contribution is 2.33. The van der Waals surface area contributed by atoms with E-state index in [1.807, 2.05) is 4.90 Å². The first kappa shape index (κ1) is 15.5. The van der Waals surface area contributed by atoms with Gasteiger partial charge in [0, 0.05) is 11.4 Å². The van der Waals surface area contributed by atoms with Crippen LogP contribution in [-0.2, 0) is 4.79 Å².